The molecule has 3 heteroatoms. The lowest BCUT2D eigenvalue weighted by molar-refractivity contribution is 0.681. The fraction of sp³-hybridized carbons (Fsp3) is 0.562. The minimum atomic E-state index is 0.625. The van der Waals surface area contributed by atoms with E-state index in [1.54, 1.807) is 0 Å². The fourth-order valence-corrected chi connectivity index (χ4v) is 2.14. The molecule has 1 aliphatic rings. The second-order valence-corrected chi connectivity index (χ2v) is 5.19. The van der Waals surface area contributed by atoms with Crippen molar-refractivity contribution in [2.24, 2.45) is 0 Å². The fourth-order valence-electron chi connectivity index (χ4n) is 2.14. The van der Waals surface area contributed by atoms with Gasteiger partial charge in [-0.1, -0.05) is 18.9 Å². The van der Waals surface area contributed by atoms with Crippen molar-refractivity contribution in [1.82, 2.24) is 10.3 Å². The van der Waals surface area contributed by atoms with E-state index in [1.807, 2.05) is 0 Å². The molecule has 0 aliphatic heterocycles. The highest BCUT2D eigenvalue weighted by Gasteiger charge is 2.20. The first-order chi connectivity index (χ1) is 9.24. The Kier molecular flexibility index (Phi) is 4.81. The normalized spacial score (nSPS) is 14.2. The van der Waals surface area contributed by atoms with Gasteiger partial charge in [0.1, 0.15) is 5.82 Å². The first-order valence-electron chi connectivity index (χ1n) is 7.13. The first kappa shape index (κ1) is 13.9. The molecule has 0 aromatic carbocycles. The summed E-state index contributed by atoms with van der Waals surface area (Å²) in [6.07, 6.45) is 9.13. The molecule has 1 fully saturated rings. The highest BCUT2D eigenvalue weighted by atomic mass is 15.2. The lowest BCUT2D eigenvalue weighted by Crippen LogP contribution is -2.26. The van der Waals surface area contributed by atoms with Crippen LogP contribution in [0.2, 0.25) is 0 Å². The van der Waals surface area contributed by atoms with Gasteiger partial charge in [-0.15, -0.1) is 6.42 Å². The molecule has 1 aromatic heterocycles. The number of nitrogens with one attached hydrogen (secondary N) is 1. The highest BCUT2D eigenvalue weighted by molar-refractivity contribution is 5.42. The van der Waals surface area contributed by atoms with E-state index in [0.29, 0.717) is 6.54 Å². The molecule has 1 N–H and O–H groups in total. The number of anilines is 1. The molecule has 3 nitrogen and oxygen atoms in total. The van der Waals surface area contributed by atoms with Crippen molar-refractivity contribution in [1.29, 1.82) is 0 Å². The topological polar surface area (TPSA) is 28.2 Å². The number of aromatic nitrogens is 1. The third-order valence-corrected chi connectivity index (χ3v) is 3.44. The van der Waals surface area contributed by atoms with E-state index >= 15 is 0 Å². The Labute approximate surface area is 116 Å². The standard InChI is InChI=1S/C16H23N3/c1-4-10-19(11-5-2)16-9-6-14(13(3)18-16)12-17-15-7-8-15/h1,6,9,15,17H,5,7-8,10-12H2,2-3H3. The number of hydrogen-bond acceptors (Lipinski definition) is 3. The molecule has 1 aliphatic carbocycles. The molecule has 1 aromatic rings. The van der Waals surface area contributed by atoms with Gasteiger partial charge < -0.3 is 10.2 Å². The van der Waals surface area contributed by atoms with Gasteiger partial charge in [0.25, 0.3) is 0 Å². The molecule has 0 amide bonds. The summed E-state index contributed by atoms with van der Waals surface area (Å²) in [4.78, 5) is 6.86. The van der Waals surface area contributed by atoms with Crippen LogP contribution in [0.3, 0.4) is 0 Å². The predicted molar refractivity (Wildman–Crippen MR) is 80.2 cm³/mol. The summed E-state index contributed by atoms with van der Waals surface area (Å²) in [5, 5.41) is 3.53. The van der Waals surface area contributed by atoms with Crippen molar-refractivity contribution >= 4 is 5.82 Å². The molecule has 0 unspecified atom stereocenters. The second kappa shape index (κ2) is 6.58. The Morgan fingerprint density at radius 1 is 1.47 bits per heavy atom. The molecule has 2 rings (SSSR count). The van der Waals surface area contributed by atoms with Crippen LogP contribution in [0.1, 0.15) is 37.4 Å². The molecule has 0 radical (unpaired) electrons. The summed E-state index contributed by atoms with van der Waals surface area (Å²) in [5.41, 5.74) is 2.39. The average Bonchev–Trinajstić information content (AvgIpc) is 3.21. The third kappa shape index (κ3) is 3.97. The summed E-state index contributed by atoms with van der Waals surface area (Å²) < 4.78 is 0. The van der Waals surface area contributed by atoms with Crippen LogP contribution >= 0.6 is 0 Å². The van der Waals surface area contributed by atoms with Crippen molar-refractivity contribution in [3.63, 3.8) is 0 Å². The molecular formula is C16H23N3. The van der Waals surface area contributed by atoms with Crippen LogP contribution in [0.15, 0.2) is 12.1 Å². The van der Waals surface area contributed by atoms with Crippen molar-refractivity contribution in [2.75, 3.05) is 18.0 Å². The zero-order chi connectivity index (χ0) is 13.7. The van der Waals surface area contributed by atoms with Crippen LogP contribution in [0.25, 0.3) is 0 Å². The molecule has 1 heterocycles. The zero-order valence-corrected chi connectivity index (χ0v) is 11.9. The van der Waals surface area contributed by atoms with Crippen LogP contribution in [0, 0.1) is 19.3 Å². The van der Waals surface area contributed by atoms with Gasteiger partial charge in [0.05, 0.1) is 6.54 Å². The van der Waals surface area contributed by atoms with Crippen LogP contribution in [-0.4, -0.2) is 24.1 Å². The summed E-state index contributed by atoms with van der Waals surface area (Å²) in [7, 11) is 0. The summed E-state index contributed by atoms with van der Waals surface area (Å²) in [6.45, 7) is 6.74. The van der Waals surface area contributed by atoms with Gasteiger partial charge in [0.15, 0.2) is 0 Å². The SMILES string of the molecule is C#CCN(CCC)c1ccc(CNC2CC2)c(C)n1. The number of pyridine rings is 1. The van der Waals surface area contributed by atoms with Gasteiger partial charge in [0, 0.05) is 24.8 Å². The maximum Gasteiger partial charge on any atom is 0.129 e. The molecule has 19 heavy (non-hydrogen) atoms. The van der Waals surface area contributed by atoms with Crippen LogP contribution < -0.4 is 10.2 Å². The summed E-state index contributed by atoms with van der Waals surface area (Å²) >= 11 is 0. The predicted octanol–water partition coefficient (Wildman–Crippen LogP) is 2.49. The van der Waals surface area contributed by atoms with Gasteiger partial charge >= 0.3 is 0 Å². The van der Waals surface area contributed by atoms with Crippen molar-refractivity contribution < 1.29 is 0 Å². The number of hydrogen-bond donors (Lipinski definition) is 1. The smallest absolute Gasteiger partial charge is 0.129 e. The van der Waals surface area contributed by atoms with Crippen molar-refractivity contribution in [3.8, 4) is 12.3 Å². The Bertz CT molecular complexity index is 458. The number of terminal acetylenes is 1. The Morgan fingerprint density at radius 3 is 2.84 bits per heavy atom. The van der Waals surface area contributed by atoms with Crippen LogP contribution in [0.4, 0.5) is 5.82 Å². The van der Waals surface area contributed by atoms with E-state index in [4.69, 9.17) is 11.4 Å². The minimum absolute atomic E-state index is 0.625. The average molecular weight is 257 g/mol. The van der Waals surface area contributed by atoms with E-state index in [0.717, 1.165) is 37.1 Å². The highest BCUT2D eigenvalue weighted by Crippen LogP contribution is 2.20. The molecule has 0 spiro atoms. The Morgan fingerprint density at radius 2 is 2.26 bits per heavy atom. The van der Waals surface area contributed by atoms with Gasteiger partial charge in [-0.25, -0.2) is 4.98 Å². The lowest BCUT2D eigenvalue weighted by atomic mass is 10.2. The van der Waals surface area contributed by atoms with Crippen molar-refractivity contribution in [3.05, 3.63) is 23.4 Å². The van der Waals surface area contributed by atoms with E-state index in [-0.39, 0.29) is 0 Å². The molecule has 1 saturated carbocycles. The second-order valence-electron chi connectivity index (χ2n) is 5.19. The quantitative estimate of drug-likeness (QED) is 0.761. The van der Waals surface area contributed by atoms with Crippen LogP contribution in [0.5, 0.6) is 0 Å². The minimum Gasteiger partial charge on any atom is -0.345 e. The molecule has 0 saturated heterocycles. The summed E-state index contributed by atoms with van der Waals surface area (Å²) in [5.74, 6) is 3.70. The maximum atomic E-state index is 5.42. The number of rotatable bonds is 7. The number of aryl methyl sites for hydroxylation is 1. The lowest BCUT2D eigenvalue weighted by Gasteiger charge is -2.21. The number of nitrogens with zero attached hydrogens (tertiary/aromatic N) is 2. The largest absolute Gasteiger partial charge is 0.345 e. The maximum absolute atomic E-state index is 5.42. The molecule has 0 bridgehead atoms. The monoisotopic (exact) mass is 257 g/mol. The van der Waals surface area contributed by atoms with E-state index in [2.05, 4.69) is 42.1 Å². The van der Waals surface area contributed by atoms with E-state index in [1.165, 1.54) is 18.4 Å². The molecule has 102 valence electrons. The first-order valence-corrected chi connectivity index (χ1v) is 7.13. The van der Waals surface area contributed by atoms with E-state index < -0.39 is 0 Å². The summed E-state index contributed by atoms with van der Waals surface area (Å²) in [6, 6.07) is 4.99. The third-order valence-electron chi connectivity index (χ3n) is 3.44. The molecule has 0 atom stereocenters. The van der Waals surface area contributed by atoms with Gasteiger partial charge in [0.2, 0.25) is 0 Å². The van der Waals surface area contributed by atoms with Crippen molar-refractivity contribution in [2.45, 2.75) is 45.7 Å². The van der Waals surface area contributed by atoms with Crippen LogP contribution in [-0.2, 0) is 6.54 Å². The van der Waals surface area contributed by atoms with Gasteiger partial charge in [-0.2, -0.15) is 0 Å². The Hall–Kier alpha value is -1.53. The van der Waals surface area contributed by atoms with Gasteiger partial charge in [-0.3, -0.25) is 0 Å². The Balaban J connectivity index is 2.04. The van der Waals surface area contributed by atoms with E-state index in [9.17, 15) is 0 Å². The molecular weight excluding hydrogens is 234 g/mol. The zero-order valence-electron chi connectivity index (χ0n) is 11.9. The van der Waals surface area contributed by atoms with Gasteiger partial charge in [-0.05, 0) is 37.8 Å².